The molecule has 0 aliphatic heterocycles. The minimum absolute atomic E-state index is 0.0974. The largest absolute Gasteiger partial charge is 0.394 e. The molecule has 14 nitrogen and oxygen atoms in total. The molecule has 0 heterocycles. The van der Waals surface area contributed by atoms with Crippen molar-refractivity contribution in [2.24, 2.45) is 0 Å². The molecular weight excluding hydrogens is 536 g/mol. The Morgan fingerprint density at radius 3 is 0.750 bits per heavy atom. The first kappa shape index (κ1) is 39.4. The van der Waals surface area contributed by atoms with Crippen LogP contribution >= 0.6 is 0 Å². The highest BCUT2D eigenvalue weighted by Gasteiger charge is 2.01. The maximum atomic E-state index is 9.10. The maximum absolute atomic E-state index is 9.10. The van der Waals surface area contributed by atoms with Crippen LogP contribution in [0.25, 0.3) is 0 Å². The first-order chi connectivity index (χ1) is 19.8. The molecule has 0 aliphatic carbocycles. The van der Waals surface area contributed by atoms with Gasteiger partial charge < -0.3 is 67.1 Å². The van der Waals surface area contributed by atoms with Crippen molar-refractivity contribution >= 4 is 0 Å². The van der Waals surface area contributed by atoms with E-state index in [1.54, 1.807) is 7.11 Å². The molecule has 0 aliphatic rings. The molecule has 1 unspecified atom stereocenters. The van der Waals surface area contributed by atoms with Crippen molar-refractivity contribution < 1.29 is 67.1 Å². The summed E-state index contributed by atoms with van der Waals surface area (Å²) in [5.41, 5.74) is 0. The Kier molecular flexibility index (Phi) is 36.0. The molecule has 0 aromatic heterocycles. The van der Waals surface area contributed by atoms with Crippen LogP contribution in [-0.4, -0.2) is 182 Å². The highest BCUT2D eigenvalue weighted by molar-refractivity contribution is 4.48. The van der Waals surface area contributed by atoms with E-state index in [1.165, 1.54) is 0 Å². The first-order valence-electron chi connectivity index (χ1n) is 13.9. The molecule has 0 saturated carbocycles. The van der Waals surface area contributed by atoms with E-state index in [-0.39, 0.29) is 13.2 Å². The van der Waals surface area contributed by atoms with E-state index in [0.717, 1.165) is 0 Å². The van der Waals surface area contributed by atoms with E-state index >= 15 is 0 Å². The van der Waals surface area contributed by atoms with Crippen LogP contribution < -0.4 is 0 Å². The lowest BCUT2D eigenvalue weighted by Gasteiger charge is -2.09. The van der Waals surface area contributed by atoms with Crippen molar-refractivity contribution in [3.63, 3.8) is 0 Å². The number of methoxy groups -OCH3 is 1. The third-order valence-electron chi connectivity index (χ3n) is 4.67. The van der Waals surface area contributed by atoms with Crippen LogP contribution in [0.2, 0.25) is 0 Å². The Morgan fingerprint density at radius 2 is 0.550 bits per heavy atom. The average molecular weight is 591 g/mol. The molecule has 0 aromatic carbocycles. The zero-order valence-corrected chi connectivity index (χ0v) is 24.3. The van der Waals surface area contributed by atoms with Gasteiger partial charge in [0.25, 0.3) is 0 Å². The normalized spacial score (nSPS) is 12.4. The highest BCUT2D eigenvalue weighted by atomic mass is 16.6. The highest BCUT2D eigenvalue weighted by Crippen LogP contribution is 1.88. The van der Waals surface area contributed by atoms with Crippen molar-refractivity contribution in [1.82, 2.24) is 0 Å². The SMILES string of the molecule is COCCOCCOCCOCCOCCOCCOCCOCCOCCOCCOCCOCC(O)CO. The van der Waals surface area contributed by atoms with Gasteiger partial charge in [-0.05, 0) is 0 Å². The number of hydrogen-bond acceptors (Lipinski definition) is 14. The number of aliphatic hydroxyl groups is 2. The average Bonchev–Trinajstić information content (AvgIpc) is 2.97. The van der Waals surface area contributed by atoms with E-state index in [9.17, 15) is 0 Å². The van der Waals surface area contributed by atoms with Crippen molar-refractivity contribution in [2.45, 2.75) is 6.10 Å². The second kappa shape index (κ2) is 36.5. The van der Waals surface area contributed by atoms with Crippen LogP contribution in [0.1, 0.15) is 0 Å². The Labute approximate surface area is 239 Å². The van der Waals surface area contributed by atoms with Gasteiger partial charge in [0.2, 0.25) is 0 Å². The fourth-order valence-electron chi connectivity index (χ4n) is 2.61. The second-order valence-corrected chi connectivity index (χ2v) is 8.03. The third-order valence-corrected chi connectivity index (χ3v) is 4.67. The summed E-state index contributed by atoms with van der Waals surface area (Å²) in [6.45, 7) is 10.8. The van der Waals surface area contributed by atoms with Gasteiger partial charge in [-0.3, -0.25) is 0 Å². The molecule has 242 valence electrons. The number of hydrogen-bond donors (Lipinski definition) is 2. The first-order valence-corrected chi connectivity index (χ1v) is 13.9. The van der Waals surface area contributed by atoms with Gasteiger partial charge in [-0.25, -0.2) is 0 Å². The Bertz CT molecular complexity index is 450. The summed E-state index contributed by atoms with van der Waals surface area (Å²) in [6, 6.07) is 0. The molecule has 0 bridgehead atoms. The van der Waals surface area contributed by atoms with Gasteiger partial charge in [-0.15, -0.1) is 0 Å². The summed E-state index contributed by atoms with van der Waals surface area (Å²) in [4.78, 5) is 0. The summed E-state index contributed by atoms with van der Waals surface area (Å²) in [5, 5.41) is 17.7. The summed E-state index contributed by atoms with van der Waals surface area (Å²) >= 11 is 0. The third kappa shape index (κ3) is 35.5. The molecule has 1 atom stereocenters. The Morgan fingerprint density at radius 1 is 0.350 bits per heavy atom. The standard InChI is InChI=1S/C26H54O14/c1-29-2-3-30-4-5-31-6-7-32-8-9-33-10-11-34-12-13-35-14-15-36-16-17-37-18-19-38-20-21-39-22-23-40-25-26(28)24-27/h26-28H,2-25H2,1H3. The molecule has 0 amide bonds. The van der Waals surface area contributed by atoms with E-state index < -0.39 is 6.10 Å². The summed E-state index contributed by atoms with van der Waals surface area (Å²) in [7, 11) is 1.64. The van der Waals surface area contributed by atoms with Gasteiger partial charge in [0.15, 0.2) is 0 Å². The molecule has 0 spiro atoms. The van der Waals surface area contributed by atoms with E-state index in [0.29, 0.717) is 145 Å². The predicted octanol–water partition coefficient (Wildman–Crippen LogP) is -0.831. The molecule has 0 radical (unpaired) electrons. The topological polar surface area (TPSA) is 151 Å². The lowest BCUT2D eigenvalue weighted by molar-refractivity contribution is -0.0326. The van der Waals surface area contributed by atoms with Crippen LogP contribution in [0.3, 0.4) is 0 Å². The molecule has 40 heavy (non-hydrogen) atoms. The monoisotopic (exact) mass is 590 g/mol. The zero-order valence-electron chi connectivity index (χ0n) is 24.3. The summed E-state index contributed by atoms with van der Waals surface area (Å²) in [6.07, 6.45) is -0.845. The fraction of sp³-hybridized carbons (Fsp3) is 1.00. The van der Waals surface area contributed by atoms with E-state index in [1.807, 2.05) is 0 Å². The molecule has 0 fully saturated rings. The van der Waals surface area contributed by atoms with Gasteiger partial charge in [0.1, 0.15) is 6.10 Å². The summed E-state index contributed by atoms with van der Waals surface area (Å²) in [5.74, 6) is 0. The van der Waals surface area contributed by atoms with Gasteiger partial charge in [0.05, 0.1) is 159 Å². The summed E-state index contributed by atoms with van der Waals surface area (Å²) < 4.78 is 64.0. The van der Waals surface area contributed by atoms with Gasteiger partial charge in [0, 0.05) is 7.11 Å². The molecule has 14 heteroatoms. The number of rotatable bonds is 36. The molecular formula is C26H54O14. The van der Waals surface area contributed by atoms with E-state index in [4.69, 9.17) is 67.1 Å². The van der Waals surface area contributed by atoms with Crippen LogP contribution in [0.15, 0.2) is 0 Å². The Hall–Kier alpha value is -0.560. The van der Waals surface area contributed by atoms with Gasteiger partial charge >= 0.3 is 0 Å². The van der Waals surface area contributed by atoms with Crippen molar-refractivity contribution in [3.05, 3.63) is 0 Å². The van der Waals surface area contributed by atoms with Crippen LogP contribution in [0.5, 0.6) is 0 Å². The van der Waals surface area contributed by atoms with Crippen LogP contribution in [0, 0.1) is 0 Å². The van der Waals surface area contributed by atoms with Crippen LogP contribution in [-0.2, 0) is 56.8 Å². The minimum Gasteiger partial charge on any atom is -0.394 e. The Balaban J connectivity index is 3.03. The molecule has 0 aromatic rings. The minimum atomic E-state index is -0.845. The van der Waals surface area contributed by atoms with Gasteiger partial charge in [-0.2, -0.15) is 0 Å². The van der Waals surface area contributed by atoms with Crippen molar-refractivity contribution in [1.29, 1.82) is 0 Å². The van der Waals surface area contributed by atoms with Crippen LogP contribution in [0.4, 0.5) is 0 Å². The van der Waals surface area contributed by atoms with Crippen molar-refractivity contribution in [2.75, 3.05) is 166 Å². The molecule has 0 saturated heterocycles. The van der Waals surface area contributed by atoms with E-state index in [2.05, 4.69) is 0 Å². The predicted molar refractivity (Wildman–Crippen MR) is 144 cm³/mol. The fourth-order valence-corrected chi connectivity index (χ4v) is 2.61. The van der Waals surface area contributed by atoms with Gasteiger partial charge in [-0.1, -0.05) is 0 Å². The lowest BCUT2D eigenvalue weighted by atomic mass is 10.4. The molecule has 0 rings (SSSR count). The number of ether oxygens (including phenoxy) is 12. The second-order valence-electron chi connectivity index (χ2n) is 8.03. The van der Waals surface area contributed by atoms with Crippen molar-refractivity contribution in [3.8, 4) is 0 Å². The zero-order chi connectivity index (χ0) is 29.0. The smallest absolute Gasteiger partial charge is 0.100 e. The molecule has 2 N–H and O–H groups in total. The lowest BCUT2D eigenvalue weighted by Crippen LogP contribution is -2.21. The maximum Gasteiger partial charge on any atom is 0.100 e. The quantitative estimate of drug-likeness (QED) is 0.0873. The number of aliphatic hydroxyl groups excluding tert-OH is 2.